The highest BCUT2D eigenvalue weighted by atomic mass is 32.2. The molecule has 1 saturated carbocycles. The van der Waals surface area contributed by atoms with Crippen molar-refractivity contribution in [3.8, 4) is 11.3 Å². The van der Waals surface area contributed by atoms with Gasteiger partial charge in [0.2, 0.25) is 0 Å². The van der Waals surface area contributed by atoms with Crippen LogP contribution in [0.25, 0.3) is 43.6 Å². The highest BCUT2D eigenvalue weighted by Gasteiger charge is 2.28. The number of hydrogen-bond acceptors (Lipinski definition) is 2. The second kappa shape index (κ2) is 9.91. The van der Waals surface area contributed by atoms with Gasteiger partial charge in [-0.25, -0.2) is 0 Å². The summed E-state index contributed by atoms with van der Waals surface area (Å²) in [5.74, 6) is 1.36. The Morgan fingerprint density at radius 3 is 2.45 bits per heavy atom. The molecule has 0 radical (unpaired) electrons. The van der Waals surface area contributed by atoms with Gasteiger partial charge in [0.1, 0.15) is 0 Å². The standard InChI is InChI=1S/C38H41NS/c1-23(2)17-24-11-14-29-28(18-24)20-32-36-35-30(15-16-39-36)31-19-26(25-9-7-6-8-10-25)12-13-27(31)21-34(35)40-37(32)33(29)22-38(3,4)5/h11-16,18-21,23,25H,6-10,17,22H2,1-5H3. The largest absolute Gasteiger partial charge is 0.256 e. The van der Waals surface area contributed by atoms with Crippen molar-refractivity contribution in [2.75, 3.05) is 0 Å². The molecule has 40 heavy (non-hydrogen) atoms. The molecule has 0 unspecified atom stereocenters. The zero-order valence-electron chi connectivity index (χ0n) is 24.7. The van der Waals surface area contributed by atoms with Crippen LogP contribution in [0, 0.1) is 11.3 Å². The summed E-state index contributed by atoms with van der Waals surface area (Å²) in [4.78, 5) is 7.86. The van der Waals surface area contributed by atoms with Crippen LogP contribution in [0.4, 0.5) is 0 Å². The Balaban J connectivity index is 1.47. The summed E-state index contributed by atoms with van der Waals surface area (Å²) < 4.78 is 0. The second-order valence-electron chi connectivity index (χ2n) is 14.0. The van der Waals surface area contributed by atoms with Crippen LogP contribution in [-0.4, -0.2) is 4.98 Å². The van der Waals surface area contributed by atoms with Gasteiger partial charge in [-0.15, -0.1) is 0 Å². The molecule has 0 bridgehead atoms. The van der Waals surface area contributed by atoms with Crippen LogP contribution < -0.4 is 0 Å². The Labute approximate surface area is 243 Å². The Morgan fingerprint density at radius 2 is 1.68 bits per heavy atom. The number of fused-ring (bicyclic) bond motifs is 5. The summed E-state index contributed by atoms with van der Waals surface area (Å²) in [6.45, 7) is 11.7. The predicted octanol–water partition coefficient (Wildman–Crippen LogP) is 11.5. The molecule has 2 heteroatoms. The highest BCUT2D eigenvalue weighted by molar-refractivity contribution is 8.00. The average molecular weight is 544 g/mol. The van der Waals surface area contributed by atoms with Crippen LogP contribution >= 0.6 is 11.8 Å². The minimum absolute atomic E-state index is 0.192. The van der Waals surface area contributed by atoms with Crippen molar-refractivity contribution < 1.29 is 0 Å². The summed E-state index contributed by atoms with van der Waals surface area (Å²) in [5.41, 5.74) is 7.12. The maximum atomic E-state index is 5.10. The Morgan fingerprint density at radius 1 is 0.850 bits per heavy atom. The van der Waals surface area contributed by atoms with E-state index >= 15 is 0 Å². The van der Waals surface area contributed by atoms with Gasteiger partial charge in [-0.3, -0.25) is 4.98 Å². The van der Waals surface area contributed by atoms with Crippen LogP contribution in [0.1, 0.15) is 89.3 Å². The molecule has 0 N–H and O–H groups in total. The average Bonchev–Trinajstić information content (AvgIpc) is 2.93. The van der Waals surface area contributed by atoms with Crippen LogP contribution in [0.5, 0.6) is 0 Å². The van der Waals surface area contributed by atoms with E-state index < -0.39 is 0 Å². The summed E-state index contributed by atoms with van der Waals surface area (Å²) in [6, 6.07) is 21.7. The first kappa shape index (κ1) is 26.1. The number of nitrogens with zero attached hydrogens (tertiary/aromatic N) is 1. The van der Waals surface area contributed by atoms with Crippen molar-refractivity contribution in [3.63, 3.8) is 0 Å². The van der Waals surface area contributed by atoms with Gasteiger partial charge in [0.25, 0.3) is 0 Å². The molecule has 1 aromatic heterocycles. The molecule has 204 valence electrons. The van der Waals surface area contributed by atoms with Gasteiger partial charge in [0.05, 0.1) is 5.69 Å². The van der Waals surface area contributed by atoms with E-state index in [0.29, 0.717) is 11.8 Å². The lowest BCUT2D eigenvalue weighted by molar-refractivity contribution is 0.410. The minimum Gasteiger partial charge on any atom is -0.256 e. The van der Waals surface area contributed by atoms with Gasteiger partial charge >= 0.3 is 0 Å². The van der Waals surface area contributed by atoms with Crippen molar-refractivity contribution in [1.29, 1.82) is 0 Å². The van der Waals surface area contributed by atoms with Crippen LogP contribution in [0.15, 0.2) is 70.6 Å². The molecule has 1 aliphatic heterocycles. The van der Waals surface area contributed by atoms with Crippen molar-refractivity contribution in [3.05, 3.63) is 77.5 Å². The number of pyridine rings is 1. The zero-order chi connectivity index (χ0) is 27.6. The van der Waals surface area contributed by atoms with Crippen molar-refractivity contribution in [1.82, 2.24) is 4.98 Å². The van der Waals surface area contributed by atoms with Gasteiger partial charge < -0.3 is 0 Å². The van der Waals surface area contributed by atoms with Gasteiger partial charge in [0, 0.05) is 26.9 Å². The quantitative estimate of drug-likeness (QED) is 0.205. The number of hydrogen-bond donors (Lipinski definition) is 0. The maximum Gasteiger partial charge on any atom is 0.0803 e. The lowest BCUT2D eigenvalue weighted by Gasteiger charge is -2.28. The SMILES string of the molecule is CC(C)Cc1ccc2c(CC(C)(C)C)c3c(cc2c1)-c1nccc2c1c(cc1ccc(C4CCCCC4)cc12)S3. The third-order valence-electron chi connectivity index (χ3n) is 9.01. The molecule has 7 rings (SSSR count). The molecule has 0 spiro atoms. The van der Waals surface area contributed by atoms with E-state index in [-0.39, 0.29) is 5.41 Å². The van der Waals surface area contributed by atoms with E-state index in [1.165, 1.54) is 96.5 Å². The first-order chi connectivity index (χ1) is 19.2. The molecule has 1 fully saturated rings. The molecule has 0 amide bonds. The lowest BCUT2D eigenvalue weighted by Crippen LogP contribution is -2.12. The molecule has 5 aromatic rings. The van der Waals surface area contributed by atoms with E-state index in [0.717, 1.165) is 18.5 Å². The first-order valence-corrected chi connectivity index (χ1v) is 16.2. The highest BCUT2D eigenvalue weighted by Crippen LogP contribution is 2.52. The van der Waals surface area contributed by atoms with E-state index in [1.807, 2.05) is 11.8 Å². The lowest BCUT2D eigenvalue weighted by atomic mass is 9.83. The number of benzene rings is 4. The topological polar surface area (TPSA) is 12.9 Å². The van der Waals surface area contributed by atoms with Crippen LogP contribution in [0.3, 0.4) is 0 Å². The minimum atomic E-state index is 0.192. The molecule has 2 heterocycles. The fourth-order valence-electron chi connectivity index (χ4n) is 7.28. The first-order valence-electron chi connectivity index (χ1n) is 15.4. The van der Waals surface area contributed by atoms with E-state index in [1.54, 1.807) is 0 Å². The molecule has 0 saturated heterocycles. The molecular weight excluding hydrogens is 502 g/mol. The normalized spacial score (nSPS) is 15.8. The Kier molecular flexibility index (Phi) is 6.46. The fourth-order valence-corrected chi connectivity index (χ4v) is 8.56. The molecule has 2 aliphatic rings. The van der Waals surface area contributed by atoms with Gasteiger partial charge in [-0.2, -0.15) is 0 Å². The molecule has 1 aliphatic carbocycles. The van der Waals surface area contributed by atoms with Crippen LogP contribution in [0.2, 0.25) is 0 Å². The maximum absolute atomic E-state index is 5.10. The van der Waals surface area contributed by atoms with Gasteiger partial charge in [-0.05, 0) is 105 Å². The summed E-state index contributed by atoms with van der Waals surface area (Å²) >= 11 is 1.98. The molecule has 4 aromatic carbocycles. The number of rotatable bonds is 4. The predicted molar refractivity (Wildman–Crippen MR) is 174 cm³/mol. The number of aromatic nitrogens is 1. The zero-order valence-corrected chi connectivity index (χ0v) is 25.5. The third-order valence-corrected chi connectivity index (χ3v) is 10.2. The Bertz CT molecular complexity index is 1770. The summed E-state index contributed by atoms with van der Waals surface area (Å²) in [7, 11) is 0. The fraction of sp³-hybridized carbons (Fsp3) is 0.395. The smallest absolute Gasteiger partial charge is 0.0803 e. The van der Waals surface area contributed by atoms with Crippen molar-refractivity contribution in [2.45, 2.75) is 95.3 Å². The third kappa shape index (κ3) is 4.63. The van der Waals surface area contributed by atoms with E-state index in [2.05, 4.69) is 95.4 Å². The summed E-state index contributed by atoms with van der Waals surface area (Å²) in [5, 5.41) is 8.21. The monoisotopic (exact) mass is 543 g/mol. The van der Waals surface area contributed by atoms with Crippen molar-refractivity contribution >= 4 is 44.1 Å². The second-order valence-corrected chi connectivity index (χ2v) is 15.0. The van der Waals surface area contributed by atoms with Gasteiger partial charge in [0.15, 0.2) is 0 Å². The molecule has 0 atom stereocenters. The van der Waals surface area contributed by atoms with E-state index in [9.17, 15) is 0 Å². The van der Waals surface area contributed by atoms with E-state index in [4.69, 9.17) is 4.98 Å². The van der Waals surface area contributed by atoms with Gasteiger partial charge in [-0.1, -0.05) is 102 Å². The summed E-state index contributed by atoms with van der Waals surface area (Å²) in [6.07, 6.45) is 11.0. The van der Waals surface area contributed by atoms with Crippen LogP contribution in [-0.2, 0) is 12.8 Å². The van der Waals surface area contributed by atoms with Crippen molar-refractivity contribution in [2.24, 2.45) is 11.3 Å². The molecule has 1 nitrogen and oxygen atoms in total. The Hall–Kier alpha value is -2.84. The molecular formula is C38H41NS.